The van der Waals surface area contributed by atoms with Gasteiger partial charge in [-0.2, -0.15) is 0 Å². The van der Waals surface area contributed by atoms with Crippen LogP contribution in [0.5, 0.6) is 0 Å². The van der Waals surface area contributed by atoms with Gasteiger partial charge in [-0.15, -0.1) is 11.8 Å². The fraction of sp³-hybridized carbons (Fsp3) is 0.632. The molecule has 1 rings (SSSR count). The number of nitrogens with one attached hydrogen (secondary N) is 1. The summed E-state index contributed by atoms with van der Waals surface area (Å²) in [4.78, 5) is 11.5. The van der Waals surface area contributed by atoms with E-state index in [1.165, 1.54) is 0 Å². The topological polar surface area (TPSA) is 104 Å². The molecule has 0 aliphatic carbocycles. The number of aliphatic carboxylic acids is 1. The standard InChI is InChI=1S/C19H31NO5S2/c21-17(16-26-18-11-4-3-5-12-18)10-7-9-15-27(24,25)20-14-8-2-1-6-13-19(22)23/h3-5,11-12,17,20-21H,1-2,6-10,13-16H2,(H,22,23). The van der Waals surface area contributed by atoms with E-state index >= 15 is 0 Å². The minimum atomic E-state index is -3.27. The van der Waals surface area contributed by atoms with E-state index < -0.39 is 22.1 Å². The molecule has 0 aliphatic heterocycles. The van der Waals surface area contributed by atoms with Crippen molar-refractivity contribution in [2.45, 2.75) is 62.4 Å². The summed E-state index contributed by atoms with van der Waals surface area (Å²) in [5.41, 5.74) is 0. The highest BCUT2D eigenvalue weighted by molar-refractivity contribution is 7.99. The monoisotopic (exact) mass is 417 g/mol. The number of aliphatic hydroxyl groups excluding tert-OH is 1. The summed E-state index contributed by atoms with van der Waals surface area (Å²) in [6.07, 6.45) is 4.50. The Bertz CT molecular complexity index is 622. The first-order valence-corrected chi connectivity index (χ1v) is 12.1. The molecule has 1 unspecified atom stereocenters. The van der Waals surface area contributed by atoms with Gasteiger partial charge in [-0.25, -0.2) is 13.1 Å². The molecule has 0 fully saturated rings. The second-order valence-corrected chi connectivity index (χ2v) is 9.56. The Morgan fingerprint density at radius 2 is 1.74 bits per heavy atom. The lowest BCUT2D eigenvalue weighted by Gasteiger charge is -2.10. The Labute approximate surface area is 166 Å². The highest BCUT2D eigenvalue weighted by Crippen LogP contribution is 2.19. The molecule has 0 heterocycles. The lowest BCUT2D eigenvalue weighted by Crippen LogP contribution is -2.27. The van der Waals surface area contributed by atoms with Crippen LogP contribution in [0, 0.1) is 0 Å². The van der Waals surface area contributed by atoms with E-state index in [0.29, 0.717) is 44.4 Å². The maximum atomic E-state index is 11.9. The SMILES string of the molecule is O=C(O)CCCCCCNS(=O)(=O)CCCCC(O)CSc1ccccc1. The van der Waals surface area contributed by atoms with E-state index in [4.69, 9.17) is 5.11 Å². The quantitative estimate of drug-likeness (QED) is 0.282. The summed E-state index contributed by atoms with van der Waals surface area (Å²) in [6, 6.07) is 9.88. The summed E-state index contributed by atoms with van der Waals surface area (Å²) in [5.74, 6) is -0.110. The lowest BCUT2D eigenvalue weighted by atomic mass is 10.1. The van der Waals surface area contributed by atoms with Crippen molar-refractivity contribution in [1.82, 2.24) is 4.72 Å². The number of benzene rings is 1. The maximum absolute atomic E-state index is 11.9. The van der Waals surface area contributed by atoms with Crippen molar-refractivity contribution in [3.63, 3.8) is 0 Å². The van der Waals surface area contributed by atoms with Crippen molar-refractivity contribution in [3.05, 3.63) is 30.3 Å². The Hall–Kier alpha value is -1.09. The van der Waals surface area contributed by atoms with E-state index in [-0.39, 0.29) is 12.2 Å². The average molecular weight is 418 g/mol. The van der Waals surface area contributed by atoms with E-state index in [1.807, 2.05) is 30.3 Å². The minimum Gasteiger partial charge on any atom is -0.481 e. The Morgan fingerprint density at radius 1 is 1.04 bits per heavy atom. The largest absolute Gasteiger partial charge is 0.481 e. The highest BCUT2D eigenvalue weighted by atomic mass is 32.2. The molecule has 0 aromatic heterocycles. The van der Waals surface area contributed by atoms with Gasteiger partial charge in [0.05, 0.1) is 11.9 Å². The fourth-order valence-electron chi connectivity index (χ4n) is 2.52. The van der Waals surface area contributed by atoms with Gasteiger partial charge in [0.2, 0.25) is 10.0 Å². The zero-order chi connectivity index (χ0) is 20.0. The van der Waals surface area contributed by atoms with E-state index in [1.54, 1.807) is 11.8 Å². The van der Waals surface area contributed by atoms with Gasteiger partial charge in [0.1, 0.15) is 0 Å². The van der Waals surface area contributed by atoms with Crippen LogP contribution in [0.25, 0.3) is 0 Å². The van der Waals surface area contributed by atoms with E-state index in [9.17, 15) is 18.3 Å². The molecule has 0 radical (unpaired) electrons. The van der Waals surface area contributed by atoms with E-state index in [0.717, 1.165) is 17.7 Å². The molecule has 154 valence electrons. The lowest BCUT2D eigenvalue weighted by molar-refractivity contribution is -0.137. The Morgan fingerprint density at radius 3 is 2.44 bits per heavy atom. The number of thioether (sulfide) groups is 1. The summed E-state index contributed by atoms with van der Waals surface area (Å²) in [7, 11) is -3.27. The number of hydrogen-bond donors (Lipinski definition) is 3. The van der Waals surface area contributed by atoms with Crippen molar-refractivity contribution in [2.24, 2.45) is 0 Å². The maximum Gasteiger partial charge on any atom is 0.303 e. The molecule has 3 N–H and O–H groups in total. The predicted molar refractivity (Wildman–Crippen MR) is 110 cm³/mol. The van der Waals surface area contributed by atoms with Crippen LogP contribution in [-0.4, -0.2) is 48.8 Å². The van der Waals surface area contributed by atoms with Gasteiger partial charge in [0, 0.05) is 23.6 Å². The predicted octanol–water partition coefficient (Wildman–Crippen LogP) is 3.26. The molecule has 1 aromatic rings. The average Bonchev–Trinajstić information content (AvgIpc) is 2.63. The molecule has 0 spiro atoms. The van der Waals surface area contributed by atoms with Crippen molar-refractivity contribution in [1.29, 1.82) is 0 Å². The van der Waals surface area contributed by atoms with Crippen LogP contribution in [0.15, 0.2) is 35.2 Å². The molecular formula is C19H31NO5S2. The molecule has 0 bridgehead atoms. The van der Waals surface area contributed by atoms with E-state index in [2.05, 4.69) is 4.72 Å². The molecule has 0 amide bonds. The number of unbranched alkanes of at least 4 members (excludes halogenated alkanes) is 4. The fourth-order valence-corrected chi connectivity index (χ4v) is 4.60. The van der Waals surface area contributed by atoms with Gasteiger partial charge in [-0.05, 0) is 44.2 Å². The number of carboxylic acids is 1. The molecule has 0 aliphatic rings. The van der Waals surface area contributed by atoms with Gasteiger partial charge in [0.15, 0.2) is 0 Å². The van der Waals surface area contributed by atoms with Crippen LogP contribution in [0.2, 0.25) is 0 Å². The van der Waals surface area contributed by atoms with Gasteiger partial charge < -0.3 is 10.2 Å². The molecule has 8 heteroatoms. The summed E-state index contributed by atoms with van der Waals surface area (Å²) >= 11 is 1.60. The van der Waals surface area contributed by atoms with Crippen LogP contribution in [0.4, 0.5) is 0 Å². The summed E-state index contributed by atoms with van der Waals surface area (Å²) in [5, 5.41) is 18.5. The van der Waals surface area contributed by atoms with Crippen LogP contribution in [0.3, 0.4) is 0 Å². The number of sulfonamides is 1. The van der Waals surface area contributed by atoms with Crippen LogP contribution >= 0.6 is 11.8 Å². The third-order valence-corrected chi connectivity index (χ3v) is 6.65. The molecule has 1 aromatic carbocycles. The number of aliphatic hydroxyl groups is 1. The first kappa shape index (κ1) is 23.9. The van der Waals surface area contributed by atoms with Crippen molar-refractivity contribution < 1.29 is 23.4 Å². The number of carbonyl (C=O) groups is 1. The first-order chi connectivity index (χ1) is 12.9. The second kappa shape index (κ2) is 14.0. The molecule has 1 atom stereocenters. The zero-order valence-corrected chi connectivity index (χ0v) is 17.3. The smallest absolute Gasteiger partial charge is 0.303 e. The van der Waals surface area contributed by atoms with Gasteiger partial charge >= 0.3 is 5.97 Å². The van der Waals surface area contributed by atoms with Crippen molar-refractivity contribution in [2.75, 3.05) is 18.1 Å². The second-order valence-electron chi connectivity index (χ2n) is 6.54. The normalized spacial score (nSPS) is 12.8. The highest BCUT2D eigenvalue weighted by Gasteiger charge is 2.10. The van der Waals surface area contributed by atoms with Gasteiger partial charge in [0.25, 0.3) is 0 Å². The number of rotatable bonds is 16. The molecule has 0 saturated carbocycles. The Kier molecular flexibility index (Phi) is 12.4. The molecule has 0 saturated heterocycles. The van der Waals surface area contributed by atoms with Crippen molar-refractivity contribution in [3.8, 4) is 0 Å². The molecule has 27 heavy (non-hydrogen) atoms. The summed E-state index contributed by atoms with van der Waals surface area (Å²) in [6.45, 7) is 0.395. The number of hydrogen-bond acceptors (Lipinski definition) is 5. The third kappa shape index (κ3) is 13.7. The van der Waals surface area contributed by atoms with Gasteiger partial charge in [-0.1, -0.05) is 31.0 Å². The third-order valence-electron chi connectivity index (χ3n) is 4.03. The Balaban J connectivity index is 2.02. The first-order valence-electron chi connectivity index (χ1n) is 9.44. The summed E-state index contributed by atoms with van der Waals surface area (Å²) < 4.78 is 26.4. The minimum absolute atomic E-state index is 0.0740. The van der Waals surface area contributed by atoms with Crippen LogP contribution in [-0.2, 0) is 14.8 Å². The number of carboxylic acid groups (broad SMARTS) is 1. The van der Waals surface area contributed by atoms with Crippen LogP contribution < -0.4 is 4.72 Å². The molecule has 6 nitrogen and oxygen atoms in total. The zero-order valence-electron chi connectivity index (χ0n) is 15.7. The van der Waals surface area contributed by atoms with Gasteiger partial charge in [-0.3, -0.25) is 4.79 Å². The molecular weight excluding hydrogens is 386 g/mol. The van der Waals surface area contributed by atoms with Crippen LogP contribution in [0.1, 0.15) is 51.4 Å². The van der Waals surface area contributed by atoms with Crippen molar-refractivity contribution >= 4 is 27.8 Å².